The van der Waals surface area contributed by atoms with E-state index in [0.29, 0.717) is 16.6 Å². The van der Waals surface area contributed by atoms with Crippen LogP contribution in [0.2, 0.25) is 5.02 Å². The van der Waals surface area contributed by atoms with Gasteiger partial charge in [-0.15, -0.1) is 5.10 Å². The van der Waals surface area contributed by atoms with Gasteiger partial charge in [0.1, 0.15) is 5.75 Å². The zero-order chi connectivity index (χ0) is 13.9. The molecule has 0 spiro atoms. The first-order valence-corrected chi connectivity index (χ1v) is 6.34. The number of benzene rings is 2. The fraction of sp³-hybridized carbons (Fsp3) is 0.0714. The summed E-state index contributed by atoms with van der Waals surface area (Å²) in [5, 5.41) is 14.4. The number of nitrogens with one attached hydrogen (secondary N) is 1. The molecule has 0 unspecified atom stereocenters. The number of hydrogen-bond donors (Lipinski definition) is 1. The van der Waals surface area contributed by atoms with Crippen LogP contribution in [0.25, 0.3) is 22.5 Å². The predicted octanol–water partition coefficient (Wildman–Crippen LogP) is 3.20. The van der Waals surface area contributed by atoms with Crippen molar-refractivity contribution >= 4 is 11.6 Å². The van der Waals surface area contributed by atoms with Crippen molar-refractivity contribution in [3.05, 3.63) is 47.5 Å². The number of tetrazole rings is 1. The van der Waals surface area contributed by atoms with E-state index in [0.717, 1.165) is 16.7 Å². The van der Waals surface area contributed by atoms with Crippen molar-refractivity contribution in [2.45, 2.75) is 0 Å². The second-order valence-corrected chi connectivity index (χ2v) is 4.59. The van der Waals surface area contributed by atoms with Gasteiger partial charge in [0.05, 0.1) is 12.7 Å². The molecule has 0 aliphatic heterocycles. The standard InChI is InChI=1S/C14H11ClN4O/c1-20-13-11(9-5-3-2-4-6-9)7-10(15)8-12(13)14-16-18-19-17-14/h2-8H,1H3,(H,16,17,18,19). The van der Waals surface area contributed by atoms with Crippen molar-refractivity contribution in [2.24, 2.45) is 0 Å². The normalized spacial score (nSPS) is 10.5. The third kappa shape index (κ3) is 2.23. The molecule has 1 heterocycles. The molecule has 5 nitrogen and oxygen atoms in total. The molecule has 2 aromatic carbocycles. The molecule has 3 rings (SSSR count). The summed E-state index contributed by atoms with van der Waals surface area (Å²) in [6.07, 6.45) is 0. The molecular formula is C14H11ClN4O. The summed E-state index contributed by atoms with van der Waals surface area (Å²) in [5.41, 5.74) is 2.64. The van der Waals surface area contributed by atoms with Crippen LogP contribution in [-0.4, -0.2) is 27.7 Å². The van der Waals surface area contributed by atoms with E-state index in [1.165, 1.54) is 0 Å². The van der Waals surface area contributed by atoms with E-state index >= 15 is 0 Å². The molecule has 6 heteroatoms. The summed E-state index contributed by atoms with van der Waals surface area (Å²) in [4.78, 5) is 0. The van der Waals surface area contributed by atoms with Crippen LogP contribution >= 0.6 is 11.6 Å². The van der Waals surface area contributed by atoms with Gasteiger partial charge in [-0.3, -0.25) is 0 Å². The fourth-order valence-electron chi connectivity index (χ4n) is 2.09. The Morgan fingerprint density at radius 3 is 2.50 bits per heavy atom. The van der Waals surface area contributed by atoms with Crippen LogP contribution in [0.15, 0.2) is 42.5 Å². The van der Waals surface area contributed by atoms with Crippen molar-refractivity contribution in [1.82, 2.24) is 20.6 Å². The minimum Gasteiger partial charge on any atom is -0.495 e. The first-order chi connectivity index (χ1) is 9.79. The Hall–Kier alpha value is -2.40. The molecular weight excluding hydrogens is 276 g/mol. The number of ether oxygens (including phenoxy) is 1. The van der Waals surface area contributed by atoms with E-state index in [1.54, 1.807) is 13.2 Å². The molecule has 0 aliphatic rings. The third-order valence-corrected chi connectivity index (χ3v) is 3.16. The van der Waals surface area contributed by atoms with Gasteiger partial charge < -0.3 is 4.74 Å². The largest absolute Gasteiger partial charge is 0.495 e. The van der Waals surface area contributed by atoms with Gasteiger partial charge in [0.25, 0.3) is 0 Å². The van der Waals surface area contributed by atoms with Gasteiger partial charge in [0.2, 0.25) is 0 Å². The topological polar surface area (TPSA) is 63.7 Å². The zero-order valence-electron chi connectivity index (χ0n) is 10.7. The molecule has 20 heavy (non-hydrogen) atoms. The van der Waals surface area contributed by atoms with Gasteiger partial charge in [0, 0.05) is 10.6 Å². The maximum Gasteiger partial charge on any atom is 0.183 e. The van der Waals surface area contributed by atoms with Crippen molar-refractivity contribution < 1.29 is 4.74 Å². The molecule has 0 radical (unpaired) electrons. The summed E-state index contributed by atoms with van der Waals surface area (Å²) in [6, 6.07) is 13.5. The fourth-order valence-corrected chi connectivity index (χ4v) is 2.31. The highest BCUT2D eigenvalue weighted by Gasteiger charge is 2.16. The van der Waals surface area contributed by atoms with E-state index in [4.69, 9.17) is 16.3 Å². The quantitative estimate of drug-likeness (QED) is 0.803. The van der Waals surface area contributed by atoms with Crippen LogP contribution in [0.1, 0.15) is 0 Å². The number of H-pyrrole nitrogens is 1. The molecule has 0 aliphatic carbocycles. The summed E-state index contributed by atoms with van der Waals surface area (Å²) in [7, 11) is 1.61. The highest BCUT2D eigenvalue weighted by Crippen LogP contribution is 2.39. The minimum absolute atomic E-state index is 0.515. The lowest BCUT2D eigenvalue weighted by atomic mass is 10.0. The van der Waals surface area contributed by atoms with Gasteiger partial charge in [-0.25, -0.2) is 5.10 Å². The molecule has 1 N–H and O–H groups in total. The minimum atomic E-state index is 0.515. The first-order valence-electron chi connectivity index (χ1n) is 5.96. The monoisotopic (exact) mass is 286 g/mol. The van der Waals surface area contributed by atoms with Gasteiger partial charge >= 0.3 is 0 Å². The number of methoxy groups -OCH3 is 1. The van der Waals surface area contributed by atoms with Crippen molar-refractivity contribution in [2.75, 3.05) is 7.11 Å². The summed E-state index contributed by atoms with van der Waals surface area (Å²) >= 11 is 6.21. The number of aromatic amines is 1. The molecule has 0 saturated carbocycles. The Labute approximate surface area is 120 Å². The number of halogens is 1. The van der Waals surface area contributed by atoms with Crippen molar-refractivity contribution in [3.8, 4) is 28.3 Å². The maximum absolute atomic E-state index is 6.21. The van der Waals surface area contributed by atoms with Crippen molar-refractivity contribution in [3.63, 3.8) is 0 Å². The SMILES string of the molecule is COc1c(-c2ccccc2)cc(Cl)cc1-c1nnn[nH]1. The lowest BCUT2D eigenvalue weighted by Gasteiger charge is -2.13. The van der Waals surface area contributed by atoms with E-state index in [-0.39, 0.29) is 0 Å². The average Bonchev–Trinajstić information content (AvgIpc) is 3.01. The Bertz CT molecular complexity index is 714. The smallest absolute Gasteiger partial charge is 0.183 e. The number of nitrogens with zero attached hydrogens (tertiary/aromatic N) is 3. The lowest BCUT2D eigenvalue weighted by Crippen LogP contribution is -1.94. The summed E-state index contributed by atoms with van der Waals surface area (Å²) < 4.78 is 5.54. The summed E-state index contributed by atoms with van der Waals surface area (Å²) in [5.74, 6) is 1.20. The molecule has 3 aromatic rings. The molecule has 0 fully saturated rings. The Morgan fingerprint density at radius 1 is 1.10 bits per heavy atom. The van der Waals surface area contributed by atoms with Crippen LogP contribution in [0.4, 0.5) is 0 Å². The average molecular weight is 287 g/mol. The van der Waals surface area contributed by atoms with Crippen LogP contribution in [0, 0.1) is 0 Å². The van der Waals surface area contributed by atoms with Gasteiger partial charge in [-0.2, -0.15) is 0 Å². The van der Waals surface area contributed by atoms with Crippen LogP contribution in [0.5, 0.6) is 5.75 Å². The van der Waals surface area contributed by atoms with E-state index in [2.05, 4.69) is 20.6 Å². The van der Waals surface area contributed by atoms with E-state index in [9.17, 15) is 0 Å². The molecule has 1 aromatic heterocycles. The lowest BCUT2D eigenvalue weighted by molar-refractivity contribution is 0.418. The molecule has 0 bridgehead atoms. The van der Waals surface area contributed by atoms with Crippen molar-refractivity contribution in [1.29, 1.82) is 0 Å². The van der Waals surface area contributed by atoms with E-state index < -0.39 is 0 Å². The summed E-state index contributed by atoms with van der Waals surface area (Å²) in [6.45, 7) is 0. The Balaban J connectivity index is 2.25. The Kier molecular flexibility index (Phi) is 3.35. The van der Waals surface area contributed by atoms with Gasteiger partial charge in [-0.05, 0) is 28.1 Å². The predicted molar refractivity (Wildman–Crippen MR) is 76.6 cm³/mol. The second-order valence-electron chi connectivity index (χ2n) is 4.15. The van der Waals surface area contributed by atoms with Gasteiger partial charge in [-0.1, -0.05) is 41.9 Å². The maximum atomic E-state index is 6.21. The highest BCUT2D eigenvalue weighted by molar-refractivity contribution is 6.31. The molecule has 0 atom stereocenters. The van der Waals surface area contributed by atoms with Crippen LogP contribution in [-0.2, 0) is 0 Å². The molecule has 0 amide bonds. The van der Waals surface area contributed by atoms with Crippen LogP contribution < -0.4 is 4.74 Å². The Morgan fingerprint density at radius 2 is 1.85 bits per heavy atom. The number of hydrogen-bond acceptors (Lipinski definition) is 4. The van der Waals surface area contributed by atoms with Gasteiger partial charge in [0.15, 0.2) is 5.82 Å². The third-order valence-electron chi connectivity index (χ3n) is 2.94. The second kappa shape index (κ2) is 5.30. The number of aromatic nitrogens is 4. The van der Waals surface area contributed by atoms with E-state index in [1.807, 2.05) is 36.4 Å². The number of rotatable bonds is 3. The molecule has 0 saturated heterocycles. The highest BCUT2D eigenvalue weighted by atomic mass is 35.5. The van der Waals surface area contributed by atoms with Crippen LogP contribution in [0.3, 0.4) is 0 Å². The zero-order valence-corrected chi connectivity index (χ0v) is 11.4. The molecule has 100 valence electrons. The first kappa shape index (κ1) is 12.6.